The van der Waals surface area contributed by atoms with Crippen LogP contribution in [0.4, 0.5) is 11.5 Å². The minimum Gasteiger partial charge on any atom is -0.476 e. The molecule has 0 amide bonds. The standard InChI is InChI=1S/C15H20N4O/c1-3-20-15-13(16)4-5-14(18-15)19(2)11-8-12-6-9-17-10-7-12/h4-7,9-10H,3,8,11,16H2,1-2H3. The first-order chi connectivity index (χ1) is 9.70. The number of anilines is 2. The highest BCUT2D eigenvalue weighted by atomic mass is 16.5. The summed E-state index contributed by atoms with van der Waals surface area (Å²) in [4.78, 5) is 10.5. The zero-order chi connectivity index (χ0) is 14.4. The van der Waals surface area contributed by atoms with Gasteiger partial charge < -0.3 is 15.4 Å². The summed E-state index contributed by atoms with van der Waals surface area (Å²) in [6.07, 6.45) is 4.56. The van der Waals surface area contributed by atoms with E-state index in [1.807, 2.05) is 50.6 Å². The average Bonchev–Trinajstić information content (AvgIpc) is 2.48. The van der Waals surface area contributed by atoms with E-state index in [1.54, 1.807) is 0 Å². The largest absolute Gasteiger partial charge is 0.476 e. The van der Waals surface area contributed by atoms with Crippen molar-refractivity contribution >= 4 is 11.5 Å². The summed E-state index contributed by atoms with van der Waals surface area (Å²) in [5.74, 6) is 1.36. The number of nitrogens with zero attached hydrogens (tertiary/aromatic N) is 3. The van der Waals surface area contributed by atoms with Crippen LogP contribution in [0.5, 0.6) is 5.88 Å². The quantitative estimate of drug-likeness (QED) is 0.872. The molecule has 0 atom stereocenters. The van der Waals surface area contributed by atoms with Gasteiger partial charge in [0.1, 0.15) is 5.82 Å². The van der Waals surface area contributed by atoms with Crippen molar-refractivity contribution in [2.45, 2.75) is 13.3 Å². The van der Waals surface area contributed by atoms with E-state index in [4.69, 9.17) is 10.5 Å². The van der Waals surface area contributed by atoms with Gasteiger partial charge in [-0.1, -0.05) is 0 Å². The lowest BCUT2D eigenvalue weighted by Gasteiger charge is -2.19. The first-order valence-corrected chi connectivity index (χ1v) is 6.70. The Bertz CT molecular complexity index is 545. The average molecular weight is 272 g/mol. The van der Waals surface area contributed by atoms with Gasteiger partial charge in [-0.3, -0.25) is 4.98 Å². The fourth-order valence-electron chi connectivity index (χ4n) is 1.87. The molecular formula is C15H20N4O. The minimum atomic E-state index is 0.501. The molecule has 0 spiro atoms. The molecule has 106 valence electrons. The summed E-state index contributed by atoms with van der Waals surface area (Å²) in [5.41, 5.74) is 7.65. The third-order valence-corrected chi connectivity index (χ3v) is 3.03. The first-order valence-electron chi connectivity index (χ1n) is 6.70. The Labute approximate surface area is 119 Å². The van der Waals surface area contributed by atoms with Gasteiger partial charge in [-0.15, -0.1) is 0 Å². The molecular weight excluding hydrogens is 252 g/mol. The lowest BCUT2D eigenvalue weighted by atomic mass is 10.2. The van der Waals surface area contributed by atoms with Crippen LogP contribution >= 0.6 is 0 Å². The zero-order valence-corrected chi connectivity index (χ0v) is 11.9. The molecule has 0 bridgehead atoms. The molecule has 2 aromatic rings. The second-order valence-corrected chi connectivity index (χ2v) is 4.52. The predicted molar refractivity (Wildman–Crippen MR) is 81.0 cm³/mol. The Balaban J connectivity index is 2.01. The highest BCUT2D eigenvalue weighted by molar-refractivity contribution is 5.54. The summed E-state index contributed by atoms with van der Waals surface area (Å²) in [7, 11) is 2.01. The molecule has 2 N–H and O–H groups in total. The van der Waals surface area contributed by atoms with Gasteiger partial charge in [-0.05, 0) is 43.2 Å². The number of aromatic nitrogens is 2. The number of hydrogen-bond acceptors (Lipinski definition) is 5. The molecule has 2 heterocycles. The Morgan fingerprint density at radius 1 is 1.20 bits per heavy atom. The van der Waals surface area contributed by atoms with Crippen LogP contribution in [0.15, 0.2) is 36.7 Å². The normalized spacial score (nSPS) is 10.3. The number of ether oxygens (including phenoxy) is 1. The maximum Gasteiger partial charge on any atom is 0.239 e. The third kappa shape index (κ3) is 3.60. The van der Waals surface area contributed by atoms with Crippen molar-refractivity contribution in [1.29, 1.82) is 0 Å². The fourth-order valence-corrected chi connectivity index (χ4v) is 1.87. The van der Waals surface area contributed by atoms with Crippen molar-refractivity contribution in [1.82, 2.24) is 9.97 Å². The molecule has 2 aromatic heterocycles. The molecule has 0 radical (unpaired) electrons. The number of nitrogen functional groups attached to an aromatic ring is 1. The van der Waals surface area contributed by atoms with Crippen LogP contribution in [0.25, 0.3) is 0 Å². The highest BCUT2D eigenvalue weighted by Gasteiger charge is 2.07. The summed E-state index contributed by atoms with van der Waals surface area (Å²) < 4.78 is 5.42. The van der Waals surface area contributed by atoms with Crippen LogP contribution in [0, 0.1) is 0 Å². The van der Waals surface area contributed by atoms with Crippen LogP contribution < -0.4 is 15.4 Å². The van der Waals surface area contributed by atoms with E-state index in [1.165, 1.54) is 5.56 Å². The lowest BCUT2D eigenvalue weighted by molar-refractivity contribution is 0.329. The molecule has 0 aliphatic carbocycles. The first kappa shape index (κ1) is 14.1. The number of likely N-dealkylation sites (N-methyl/N-ethyl adjacent to an activating group) is 1. The Kier molecular flexibility index (Phi) is 4.76. The van der Waals surface area contributed by atoms with Gasteiger partial charge in [-0.2, -0.15) is 4.98 Å². The Morgan fingerprint density at radius 2 is 1.95 bits per heavy atom. The van der Waals surface area contributed by atoms with Crippen molar-refractivity contribution in [3.63, 3.8) is 0 Å². The van der Waals surface area contributed by atoms with Crippen molar-refractivity contribution in [2.75, 3.05) is 30.8 Å². The van der Waals surface area contributed by atoms with E-state index in [0.29, 0.717) is 18.2 Å². The van der Waals surface area contributed by atoms with Gasteiger partial charge >= 0.3 is 0 Å². The van der Waals surface area contributed by atoms with Crippen molar-refractivity contribution in [2.24, 2.45) is 0 Å². The number of pyridine rings is 2. The molecule has 0 aliphatic heterocycles. The van der Waals surface area contributed by atoms with Gasteiger partial charge in [0, 0.05) is 26.0 Å². The monoisotopic (exact) mass is 272 g/mol. The molecule has 0 aliphatic rings. The number of rotatable bonds is 6. The predicted octanol–water partition coefficient (Wildman–Crippen LogP) is 2.14. The van der Waals surface area contributed by atoms with Gasteiger partial charge in [0.2, 0.25) is 5.88 Å². The second-order valence-electron chi connectivity index (χ2n) is 4.52. The van der Waals surface area contributed by atoms with E-state index in [2.05, 4.69) is 14.9 Å². The van der Waals surface area contributed by atoms with Crippen LogP contribution in [-0.4, -0.2) is 30.2 Å². The highest BCUT2D eigenvalue weighted by Crippen LogP contribution is 2.22. The Hall–Kier alpha value is -2.30. The van der Waals surface area contributed by atoms with Crippen LogP contribution in [-0.2, 0) is 6.42 Å². The molecule has 0 saturated heterocycles. The molecule has 2 rings (SSSR count). The van der Waals surface area contributed by atoms with Gasteiger partial charge in [0.05, 0.1) is 12.3 Å². The zero-order valence-electron chi connectivity index (χ0n) is 11.9. The van der Waals surface area contributed by atoms with Crippen LogP contribution in [0.2, 0.25) is 0 Å². The Morgan fingerprint density at radius 3 is 2.65 bits per heavy atom. The van der Waals surface area contributed by atoms with E-state index in [9.17, 15) is 0 Å². The molecule has 0 saturated carbocycles. The second kappa shape index (κ2) is 6.75. The maximum absolute atomic E-state index is 5.83. The van der Waals surface area contributed by atoms with Crippen molar-refractivity contribution in [3.05, 3.63) is 42.2 Å². The van der Waals surface area contributed by atoms with Crippen LogP contribution in [0.1, 0.15) is 12.5 Å². The topological polar surface area (TPSA) is 64.3 Å². The molecule has 20 heavy (non-hydrogen) atoms. The summed E-state index contributed by atoms with van der Waals surface area (Å²) in [6, 6.07) is 7.78. The summed E-state index contributed by atoms with van der Waals surface area (Å²) >= 11 is 0. The summed E-state index contributed by atoms with van der Waals surface area (Å²) in [6.45, 7) is 3.34. The van der Waals surface area contributed by atoms with E-state index < -0.39 is 0 Å². The van der Waals surface area contributed by atoms with Crippen molar-refractivity contribution < 1.29 is 4.74 Å². The number of nitrogens with two attached hydrogens (primary N) is 1. The van der Waals surface area contributed by atoms with E-state index >= 15 is 0 Å². The van der Waals surface area contributed by atoms with Gasteiger partial charge in [0.25, 0.3) is 0 Å². The molecule has 5 heteroatoms. The summed E-state index contributed by atoms with van der Waals surface area (Å²) in [5, 5.41) is 0. The van der Waals surface area contributed by atoms with E-state index in [-0.39, 0.29) is 0 Å². The van der Waals surface area contributed by atoms with Crippen molar-refractivity contribution in [3.8, 4) is 5.88 Å². The molecule has 0 unspecified atom stereocenters. The maximum atomic E-state index is 5.83. The minimum absolute atomic E-state index is 0.501. The molecule has 0 aromatic carbocycles. The SMILES string of the molecule is CCOc1nc(N(C)CCc2ccncc2)ccc1N. The van der Waals surface area contributed by atoms with Crippen LogP contribution in [0.3, 0.4) is 0 Å². The fraction of sp³-hybridized carbons (Fsp3) is 0.333. The number of hydrogen-bond donors (Lipinski definition) is 1. The lowest BCUT2D eigenvalue weighted by Crippen LogP contribution is -2.21. The van der Waals surface area contributed by atoms with E-state index in [0.717, 1.165) is 18.8 Å². The molecule has 0 fully saturated rings. The van der Waals surface area contributed by atoms with Gasteiger partial charge in [-0.25, -0.2) is 0 Å². The third-order valence-electron chi connectivity index (χ3n) is 3.03. The smallest absolute Gasteiger partial charge is 0.239 e. The van der Waals surface area contributed by atoms with Gasteiger partial charge in [0.15, 0.2) is 0 Å². The molecule has 5 nitrogen and oxygen atoms in total.